The Morgan fingerprint density at radius 2 is 2.33 bits per heavy atom. The molecule has 1 unspecified atom stereocenters. The van der Waals surface area contributed by atoms with E-state index in [1.807, 2.05) is 0 Å². The molecule has 0 N–H and O–H groups in total. The van der Waals surface area contributed by atoms with Crippen LogP contribution in [0.25, 0.3) is 0 Å². The highest BCUT2D eigenvalue weighted by molar-refractivity contribution is 5.77. The van der Waals surface area contributed by atoms with Gasteiger partial charge in [-0.25, -0.2) is 4.58 Å². The molecule has 0 radical (unpaired) electrons. The molecule has 0 fully saturated rings. The van der Waals surface area contributed by atoms with E-state index < -0.39 is 0 Å². The lowest BCUT2D eigenvalue weighted by molar-refractivity contribution is -0.555. The van der Waals surface area contributed by atoms with Crippen molar-refractivity contribution in [2.75, 3.05) is 20.3 Å². The van der Waals surface area contributed by atoms with E-state index in [2.05, 4.69) is 18.4 Å². The molecular weight excluding hydrogens is 150 g/mol. The predicted molar refractivity (Wildman–Crippen MR) is 51.0 cm³/mol. The Bertz CT molecular complexity index is 175. The summed E-state index contributed by atoms with van der Waals surface area (Å²) in [5, 5.41) is 0. The summed E-state index contributed by atoms with van der Waals surface area (Å²) in [6, 6.07) is 0.752. The van der Waals surface area contributed by atoms with Crippen LogP contribution in [0.3, 0.4) is 0 Å². The van der Waals surface area contributed by atoms with Crippen LogP contribution < -0.4 is 0 Å². The second-order valence-electron chi connectivity index (χ2n) is 3.66. The summed E-state index contributed by atoms with van der Waals surface area (Å²) in [5.74, 6) is 0. The van der Waals surface area contributed by atoms with Gasteiger partial charge in [0, 0.05) is 33.3 Å². The van der Waals surface area contributed by atoms with E-state index >= 15 is 0 Å². The molecule has 0 saturated heterocycles. The normalized spacial score (nSPS) is 23.8. The summed E-state index contributed by atoms with van der Waals surface area (Å²) in [6.45, 7) is 6.61. The first-order valence-corrected chi connectivity index (χ1v) is 4.83. The average molecular weight is 170 g/mol. The lowest BCUT2D eigenvalue weighted by atomic mass is 10.2. The van der Waals surface area contributed by atoms with Gasteiger partial charge in [0.25, 0.3) is 0 Å². The van der Waals surface area contributed by atoms with E-state index in [9.17, 15) is 0 Å². The molecule has 1 heterocycles. The lowest BCUT2D eigenvalue weighted by Gasteiger charge is -2.05. The standard InChI is InChI=1S/C10H20NO/c1-9-5-6-10(2)11(9)7-4-8-12-3/h9H,4-8H2,1-3H3/q+1. The zero-order valence-corrected chi connectivity index (χ0v) is 8.47. The number of ether oxygens (including phenoxy) is 1. The molecule has 0 aromatic heterocycles. The molecule has 0 spiro atoms. The van der Waals surface area contributed by atoms with Gasteiger partial charge in [0.15, 0.2) is 0 Å². The van der Waals surface area contributed by atoms with Gasteiger partial charge in [0.2, 0.25) is 0 Å². The van der Waals surface area contributed by atoms with E-state index in [-0.39, 0.29) is 0 Å². The molecule has 1 aliphatic rings. The molecule has 0 aliphatic carbocycles. The maximum atomic E-state index is 5.04. The van der Waals surface area contributed by atoms with Crippen molar-refractivity contribution in [3.8, 4) is 0 Å². The van der Waals surface area contributed by atoms with Gasteiger partial charge in [-0.2, -0.15) is 0 Å². The molecule has 0 aromatic carbocycles. The largest absolute Gasteiger partial charge is 0.384 e. The monoisotopic (exact) mass is 170 g/mol. The molecule has 0 bridgehead atoms. The zero-order chi connectivity index (χ0) is 8.97. The highest BCUT2D eigenvalue weighted by atomic mass is 16.5. The first-order chi connectivity index (χ1) is 5.75. The highest BCUT2D eigenvalue weighted by Crippen LogP contribution is 2.12. The van der Waals surface area contributed by atoms with Crippen molar-refractivity contribution in [1.82, 2.24) is 0 Å². The third-order valence-electron chi connectivity index (χ3n) is 2.69. The number of rotatable bonds is 4. The van der Waals surface area contributed by atoms with Crippen LogP contribution >= 0.6 is 0 Å². The minimum atomic E-state index is 0.752. The van der Waals surface area contributed by atoms with Gasteiger partial charge in [-0.3, -0.25) is 0 Å². The predicted octanol–water partition coefficient (Wildman–Crippen LogP) is 1.68. The topological polar surface area (TPSA) is 12.2 Å². The summed E-state index contributed by atoms with van der Waals surface area (Å²) in [5.41, 5.74) is 1.55. The van der Waals surface area contributed by atoms with Crippen molar-refractivity contribution in [1.29, 1.82) is 0 Å². The van der Waals surface area contributed by atoms with Crippen LogP contribution in [0.15, 0.2) is 0 Å². The van der Waals surface area contributed by atoms with Crippen molar-refractivity contribution >= 4 is 5.71 Å². The van der Waals surface area contributed by atoms with Gasteiger partial charge in [0.1, 0.15) is 18.3 Å². The molecule has 2 nitrogen and oxygen atoms in total. The van der Waals surface area contributed by atoms with Gasteiger partial charge in [-0.1, -0.05) is 0 Å². The molecular formula is C10H20NO+. The molecule has 0 aromatic rings. The molecule has 2 heteroatoms. The quantitative estimate of drug-likeness (QED) is 0.462. The smallest absolute Gasteiger partial charge is 0.150 e. The fraction of sp³-hybridized carbons (Fsp3) is 0.900. The van der Waals surface area contributed by atoms with Crippen LogP contribution in [0.4, 0.5) is 0 Å². The summed E-state index contributed by atoms with van der Waals surface area (Å²) >= 11 is 0. The first-order valence-electron chi connectivity index (χ1n) is 4.83. The van der Waals surface area contributed by atoms with Gasteiger partial charge in [-0.15, -0.1) is 0 Å². The number of hydrogen-bond donors (Lipinski definition) is 0. The molecule has 0 saturated carbocycles. The fourth-order valence-electron chi connectivity index (χ4n) is 1.88. The van der Waals surface area contributed by atoms with Crippen molar-refractivity contribution in [2.45, 2.75) is 39.2 Å². The summed E-state index contributed by atoms with van der Waals surface area (Å²) in [4.78, 5) is 0. The van der Waals surface area contributed by atoms with Crippen LogP contribution in [-0.2, 0) is 4.74 Å². The van der Waals surface area contributed by atoms with Crippen molar-refractivity contribution in [2.24, 2.45) is 0 Å². The first kappa shape index (κ1) is 9.72. The minimum Gasteiger partial charge on any atom is -0.384 e. The second kappa shape index (κ2) is 4.61. The van der Waals surface area contributed by atoms with Crippen LogP contribution in [0.1, 0.15) is 33.1 Å². The van der Waals surface area contributed by atoms with E-state index in [1.165, 1.54) is 19.4 Å². The Morgan fingerprint density at radius 1 is 1.58 bits per heavy atom. The van der Waals surface area contributed by atoms with Crippen LogP contribution in [0.2, 0.25) is 0 Å². The number of nitrogens with zero attached hydrogens (tertiary/aromatic N) is 1. The van der Waals surface area contributed by atoms with Crippen molar-refractivity contribution in [3.63, 3.8) is 0 Å². The van der Waals surface area contributed by atoms with Gasteiger partial charge in [0.05, 0.1) is 6.61 Å². The van der Waals surface area contributed by atoms with Gasteiger partial charge >= 0.3 is 0 Å². The van der Waals surface area contributed by atoms with E-state index in [1.54, 1.807) is 12.8 Å². The second-order valence-corrected chi connectivity index (χ2v) is 3.66. The Morgan fingerprint density at radius 3 is 2.83 bits per heavy atom. The number of methoxy groups -OCH3 is 1. The Labute approximate surface area is 75.2 Å². The lowest BCUT2D eigenvalue weighted by Crippen LogP contribution is -2.23. The van der Waals surface area contributed by atoms with Crippen LogP contribution in [0.5, 0.6) is 0 Å². The fourth-order valence-corrected chi connectivity index (χ4v) is 1.88. The Balaban J connectivity index is 2.34. The van der Waals surface area contributed by atoms with Crippen LogP contribution in [-0.4, -0.2) is 36.6 Å². The van der Waals surface area contributed by atoms with Gasteiger partial charge < -0.3 is 4.74 Å². The Hall–Kier alpha value is -0.370. The zero-order valence-electron chi connectivity index (χ0n) is 8.47. The molecule has 1 aliphatic heterocycles. The van der Waals surface area contributed by atoms with Crippen molar-refractivity contribution in [3.05, 3.63) is 0 Å². The molecule has 70 valence electrons. The average Bonchev–Trinajstić information content (AvgIpc) is 2.35. The maximum Gasteiger partial charge on any atom is 0.150 e. The molecule has 0 amide bonds. The van der Waals surface area contributed by atoms with Crippen LogP contribution in [0, 0.1) is 0 Å². The Kier molecular flexibility index (Phi) is 3.73. The highest BCUT2D eigenvalue weighted by Gasteiger charge is 2.25. The molecule has 1 atom stereocenters. The SMILES string of the molecule is COCCC[N+]1=C(C)CCC1C. The third kappa shape index (κ3) is 2.31. The molecule has 12 heavy (non-hydrogen) atoms. The molecule has 1 rings (SSSR count). The van der Waals surface area contributed by atoms with E-state index in [0.717, 1.165) is 19.1 Å². The summed E-state index contributed by atoms with van der Waals surface area (Å²) in [6.07, 6.45) is 3.77. The summed E-state index contributed by atoms with van der Waals surface area (Å²) in [7, 11) is 1.77. The number of hydrogen-bond acceptors (Lipinski definition) is 1. The maximum absolute atomic E-state index is 5.04. The summed E-state index contributed by atoms with van der Waals surface area (Å²) < 4.78 is 7.55. The minimum absolute atomic E-state index is 0.752. The van der Waals surface area contributed by atoms with E-state index in [0.29, 0.717) is 0 Å². The third-order valence-corrected chi connectivity index (χ3v) is 2.69. The van der Waals surface area contributed by atoms with Gasteiger partial charge in [-0.05, 0) is 6.92 Å². The van der Waals surface area contributed by atoms with Crippen molar-refractivity contribution < 1.29 is 9.31 Å². The van der Waals surface area contributed by atoms with E-state index in [4.69, 9.17) is 4.74 Å².